The zero-order valence-corrected chi connectivity index (χ0v) is 15.7. The third-order valence-electron chi connectivity index (χ3n) is 4.58. The number of amidine groups is 1. The predicted molar refractivity (Wildman–Crippen MR) is 99.2 cm³/mol. The van der Waals surface area contributed by atoms with E-state index in [1.165, 1.54) is 11.8 Å². The number of benzene rings is 1. The number of thioether (sulfide) groups is 1. The molecule has 3 atom stereocenters. The summed E-state index contributed by atoms with van der Waals surface area (Å²) < 4.78 is 29.5. The third kappa shape index (κ3) is 3.45. The molecule has 0 radical (unpaired) electrons. The monoisotopic (exact) mass is 400 g/mol. The Morgan fingerprint density at radius 1 is 1.28 bits per heavy atom. The Morgan fingerprint density at radius 3 is 2.72 bits per heavy atom. The summed E-state index contributed by atoms with van der Waals surface area (Å²) in [7, 11) is -3.08. The summed E-state index contributed by atoms with van der Waals surface area (Å²) in [4.78, 5) is 18.5. The van der Waals surface area contributed by atoms with Crippen molar-refractivity contribution in [2.24, 2.45) is 4.99 Å². The van der Waals surface area contributed by atoms with Gasteiger partial charge in [0, 0.05) is 22.6 Å². The number of hydrogen-bond donors (Lipinski definition) is 0. The molecule has 3 saturated heterocycles. The maximum atomic E-state index is 12.4. The molecule has 0 saturated carbocycles. The zero-order chi connectivity index (χ0) is 17.6. The van der Waals surface area contributed by atoms with Crippen molar-refractivity contribution in [3.05, 3.63) is 29.3 Å². The maximum absolute atomic E-state index is 12.4. The minimum absolute atomic E-state index is 0.0699. The van der Waals surface area contributed by atoms with Crippen LogP contribution >= 0.6 is 23.4 Å². The molecule has 3 aliphatic heterocycles. The predicted octanol–water partition coefficient (Wildman–Crippen LogP) is 2.12. The molecule has 1 aromatic carbocycles. The molecule has 3 fully saturated rings. The topological polar surface area (TPSA) is 76.0 Å². The molecule has 0 aliphatic carbocycles. The molecule has 9 heteroatoms. The van der Waals surface area contributed by atoms with Crippen molar-refractivity contribution in [1.82, 2.24) is 0 Å². The lowest BCUT2D eigenvalue weighted by atomic mass is 10.2. The quantitative estimate of drug-likeness (QED) is 0.756. The molecule has 0 unspecified atom stereocenters. The van der Waals surface area contributed by atoms with Crippen LogP contribution < -0.4 is 4.90 Å². The second-order valence-electron chi connectivity index (χ2n) is 6.38. The van der Waals surface area contributed by atoms with Gasteiger partial charge in [-0.15, -0.1) is 0 Å². The van der Waals surface area contributed by atoms with E-state index in [2.05, 4.69) is 4.99 Å². The number of anilines is 1. The Hall–Kier alpha value is -1.09. The number of halogens is 1. The number of fused-ring (bicyclic) bond motifs is 1. The van der Waals surface area contributed by atoms with Crippen molar-refractivity contribution < 1.29 is 17.9 Å². The molecule has 3 aliphatic rings. The van der Waals surface area contributed by atoms with E-state index in [1.54, 1.807) is 12.1 Å². The van der Waals surface area contributed by atoms with Crippen LogP contribution in [0.5, 0.6) is 0 Å². The van der Waals surface area contributed by atoms with Crippen LogP contribution in [0.2, 0.25) is 5.02 Å². The van der Waals surface area contributed by atoms with E-state index in [4.69, 9.17) is 16.3 Å². The van der Waals surface area contributed by atoms with Gasteiger partial charge < -0.3 is 9.64 Å². The Bertz CT molecular complexity index is 819. The van der Waals surface area contributed by atoms with Gasteiger partial charge in [-0.3, -0.25) is 4.79 Å². The fourth-order valence-electron chi connectivity index (χ4n) is 3.41. The highest BCUT2D eigenvalue weighted by Crippen LogP contribution is 2.41. The molecule has 1 amide bonds. The summed E-state index contributed by atoms with van der Waals surface area (Å²) in [5.41, 5.74) is 0.792. The fourth-order valence-corrected chi connectivity index (χ4v) is 7.45. The van der Waals surface area contributed by atoms with Gasteiger partial charge in [0.15, 0.2) is 15.0 Å². The van der Waals surface area contributed by atoms with Crippen LogP contribution in [0.3, 0.4) is 0 Å². The molecular formula is C16H17ClN2O4S2. The molecule has 134 valence electrons. The average molecular weight is 401 g/mol. The highest BCUT2D eigenvalue weighted by Gasteiger charge is 2.49. The first kappa shape index (κ1) is 17.3. The van der Waals surface area contributed by atoms with Crippen LogP contribution in [0.4, 0.5) is 5.69 Å². The van der Waals surface area contributed by atoms with Crippen LogP contribution in [0.15, 0.2) is 29.3 Å². The molecule has 0 aromatic heterocycles. The van der Waals surface area contributed by atoms with Crippen LogP contribution in [0.25, 0.3) is 0 Å². The number of aliphatic imine (C=N–C) groups is 1. The minimum atomic E-state index is -3.08. The van der Waals surface area contributed by atoms with Crippen LogP contribution in [-0.2, 0) is 19.4 Å². The molecule has 0 N–H and O–H groups in total. The third-order valence-corrected chi connectivity index (χ3v) is 8.04. The van der Waals surface area contributed by atoms with Gasteiger partial charge in [0.25, 0.3) is 5.91 Å². The van der Waals surface area contributed by atoms with E-state index in [1.807, 2.05) is 17.0 Å². The number of sulfone groups is 1. The number of rotatable bonds is 2. The Kier molecular flexibility index (Phi) is 4.56. The van der Waals surface area contributed by atoms with E-state index in [0.29, 0.717) is 23.2 Å². The van der Waals surface area contributed by atoms with Crippen molar-refractivity contribution >= 4 is 50.0 Å². The van der Waals surface area contributed by atoms with Crippen molar-refractivity contribution in [1.29, 1.82) is 0 Å². The molecule has 1 aromatic rings. The van der Waals surface area contributed by atoms with Gasteiger partial charge in [0.05, 0.1) is 17.5 Å². The Morgan fingerprint density at radius 2 is 2.04 bits per heavy atom. The van der Waals surface area contributed by atoms with Crippen molar-refractivity contribution in [3.8, 4) is 0 Å². The highest BCUT2D eigenvalue weighted by molar-refractivity contribution is 8.16. The fraction of sp³-hybridized carbons (Fsp3) is 0.500. The first-order chi connectivity index (χ1) is 11.9. The molecule has 25 heavy (non-hydrogen) atoms. The molecule has 0 bridgehead atoms. The first-order valence-corrected chi connectivity index (χ1v) is 11.2. The van der Waals surface area contributed by atoms with Crippen molar-refractivity contribution in [2.75, 3.05) is 23.0 Å². The number of amides is 1. The Balaban J connectivity index is 1.68. The molecular weight excluding hydrogens is 384 g/mol. The number of hydrogen-bond acceptors (Lipinski definition) is 5. The second-order valence-corrected chi connectivity index (χ2v) is 10.2. The SMILES string of the molecule is O=C(N=C1S[C@@H]2CS(=O)(=O)C[C@@H]2N1c1ccc(Cl)cc1)[C@H]1CCCO1. The van der Waals surface area contributed by atoms with Gasteiger partial charge in [-0.25, -0.2) is 8.42 Å². The van der Waals surface area contributed by atoms with Gasteiger partial charge in [-0.2, -0.15) is 4.99 Å². The van der Waals surface area contributed by atoms with Gasteiger partial charge in [-0.05, 0) is 37.1 Å². The molecule has 3 heterocycles. The normalized spacial score (nSPS) is 32.3. The number of nitrogens with zero attached hydrogens (tertiary/aromatic N) is 2. The van der Waals surface area contributed by atoms with E-state index in [9.17, 15) is 13.2 Å². The summed E-state index contributed by atoms with van der Waals surface area (Å²) in [6, 6.07) is 6.92. The average Bonchev–Trinajstić information content (AvgIpc) is 3.23. The van der Waals surface area contributed by atoms with Gasteiger partial charge in [0.1, 0.15) is 6.10 Å². The smallest absolute Gasteiger partial charge is 0.277 e. The summed E-state index contributed by atoms with van der Waals surface area (Å²) >= 11 is 7.33. The van der Waals surface area contributed by atoms with E-state index < -0.39 is 15.9 Å². The van der Waals surface area contributed by atoms with Crippen LogP contribution in [-0.4, -0.2) is 55.0 Å². The molecule has 0 spiro atoms. The summed E-state index contributed by atoms with van der Waals surface area (Å²) in [6.07, 6.45) is 1.06. The van der Waals surface area contributed by atoms with Crippen LogP contribution in [0, 0.1) is 0 Å². The van der Waals surface area contributed by atoms with Gasteiger partial charge >= 0.3 is 0 Å². The standard InChI is InChI=1S/C16H17ClN2O4S2/c17-10-3-5-11(6-4-10)19-12-8-25(21,22)9-14(12)24-16(19)18-15(20)13-2-1-7-23-13/h3-6,12-14H,1-2,7-9H2/t12-,13+,14+/m0/s1. The first-order valence-electron chi connectivity index (χ1n) is 8.09. The number of carbonyl (C=O) groups excluding carboxylic acids is 1. The van der Waals surface area contributed by atoms with Gasteiger partial charge in [0.2, 0.25) is 0 Å². The second kappa shape index (κ2) is 6.57. The van der Waals surface area contributed by atoms with E-state index in [0.717, 1.165) is 12.1 Å². The van der Waals surface area contributed by atoms with Crippen LogP contribution in [0.1, 0.15) is 12.8 Å². The maximum Gasteiger partial charge on any atom is 0.277 e. The van der Waals surface area contributed by atoms with Crippen molar-refractivity contribution in [2.45, 2.75) is 30.2 Å². The summed E-state index contributed by atoms with van der Waals surface area (Å²) in [5.74, 6) is -0.109. The minimum Gasteiger partial charge on any atom is -0.368 e. The zero-order valence-electron chi connectivity index (χ0n) is 13.3. The molecule has 4 rings (SSSR count). The largest absolute Gasteiger partial charge is 0.368 e. The summed E-state index contributed by atoms with van der Waals surface area (Å²) in [5, 5.41) is 1.03. The lowest BCUT2D eigenvalue weighted by Crippen LogP contribution is -2.38. The lowest BCUT2D eigenvalue weighted by Gasteiger charge is -2.24. The highest BCUT2D eigenvalue weighted by atomic mass is 35.5. The van der Waals surface area contributed by atoms with E-state index >= 15 is 0 Å². The Labute approximate surface area is 155 Å². The molecule has 6 nitrogen and oxygen atoms in total. The van der Waals surface area contributed by atoms with Gasteiger partial charge in [-0.1, -0.05) is 23.4 Å². The number of carbonyl (C=O) groups is 1. The summed E-state index contributed by atoms with van der Waals surface area (Å²) in [6.45, 7) is 0.582. The lowest BCUT2D eigenvalue weighted by molar-refractivity contribution is -0.126. The van der Waals surface area contributed by atoms with Crippen molar-refractivity contribution in [3.63, 3.8) is 0 Å². The number of ether oxygens (including phenoxy) is 1. The van der Waals surface area contributed by atoms with E-state index in [-0.39, 0.29) is 28.7 Å².